The molecule has 2 aromatic heterocycles. The maximum atomic E-state index is 11.9. The van der Waals surface area contributed by atoms with E-state index < -0.39 is 0 Å². The Morgan fingerprint density at radius 3 is 2.86 bits per heavy atom. The smallest absolute Gasteiger partial charge is 0.234 e. The first kappa shape index (κ1) is 16.9. The summed E-state index contributed by atoms with van der Waals surface area (Å²) in [6.07, 6.45) is 0. The average molecular weight is 339 g/mol. The summed E-state index contributed by atoms with van der Waals surface area (Å²) in [5.74, 6) is 0.743. The van der Waals surface area contributed by atoms with Gasteiger partial charge in [0.25, 0.3) is 0 Å². The summed E-state index contributed by atoms with van der Waals surface area (Å²) in [5, 5.41) is 8.11. The van der Waals surface area contributed by atoms with Crippen LogP contribution in [0.1, 0.15) is 20.8 Å². The van der Waals surface area contributed by atoms with Gasteiger partial charge in [-0.3, -0.25) is 14.8 Å². The topological polar surface area (TPSA) is 66.0 Å². The third-order valence-corrected chi connectivity index (χ3v) is 3.93. The number of rotatable bonds is 5. The lowest BCUT2D eigenvalue weighted by atomic mass is 10.1. The molecule has 2 N–H and O–H groups in total. The molecule has 0 radical (unpaired) electrons. The predicted octanol–water partition coefficient (Wildman–Crippen LogP) is 2.47. The third kappa shape index (κ3) is 4.75. The zero-order valence-corrected chi connectivity index (χ0v) is 14.8. The molecule has 120 valence electrons. The molecule has 0 aliphatic carbocycles. The average Bonchev–Trinajstić information content (AvgIpc) is 2.96. The second kappa shape index (κ2) is 6.72. The second-order valence-corrected chi connectivity index (χ2v) is 7.53. The first-order valence-corrected chi connectivity index (χ1v) is 8.24. The van der Waals surface area contributed by atoms with Crippen LogP contribution in [0.25, 0.3) is 10.7 Å². The van der Waals surface area contributed by atoms with E-state index in [1.165, 1.54) is 0 Å². The summed E-state index contributed by atoms with van der Waals surface area (Å²) in [6, 6.07) is 3.96. The Kier molecular flexibility index (Phi) is 5.15. The standard InChI is InChI=1S/C14H21N5OS2/c1-14(2,3)16-11(20)8-18(4)9-19-13(21)15-12(17-19)10-6-5-7-22-10/h5-7H,8-9H2,1-4H3,(H,16,20)(H,15,17,21). The number of amides is 1. The molecule has 22 heavy (non-hydrogen) atoms. The Bertz CT molecular complexity index is 681. The lowest BCUT2D eigenvalue weighted by molar-refractivity contribution is -0.123. The predicted molar refractivity (Wildman–Crippen MR) is 91.3 cm³/mol. The number of H-pyrrole nitrogens is 1. The van der Waals surface area contributed by atoms with Crippen molar-refractivity contribution in [1.29, 1.82) is 0 Å². The number of thiophene rings is 1. The van der Waals surface area contributed by atoms with Crippen molar-refractivity contribution in [1.82, 2.24) is 25.0 Å². The fourth-order valence-electron chi connectivity index (χ4n) is 1.97. The second-order valence-electron chi connectivity index (χ2n) is 6.21. The van der Waals surface area contributed by atoms with Gasteiger partial charge in [-0.1, -0.05) is 6.07 Å². The normalized spacial score (nSPS) is 11.9. The van der Waals surface area contributed by atoms with Crippen molar-refractivity contribution in [3.8, 4) is 10.7 Å². The molecule has 0 unspecified atom stereocenters. The van der Waals surface area contributed by atoms with Gasteiger partial charge in [-0.15, -0.1) is 11.3 Å². The molecule has 0 aliphatic heterocycles. The van der Waals surface area contributed by atoms with Gasteiger partial charge < -0.3 is 5.32 Å². The molecule has 0 fully saturated rings. The molecule has 0 atom stereocenters. The van der Waals surface area contributed by atoms with Crippen LogP contribution in [0.2, 0.25) is 0 Å². The van der Waals surface area contributed by atoms with E-state index in [0.29, 0.717) is 18.0 Å². The molecular weight excluding hydrogens is 318 g/mol. The van der Waals surface area contributed by atoms with E-state index in [0.717, 1.165) is 10.7 Å². The maximum absolute atomic E-state index is 11.9. The van der Waals surface area contributed by atoms with E-state index >= 15 is 0 Å². The van der Waals surface area contributed by atoms with E-state index in [4.69, 9.17) is 12.2 Å². The van der Waals surface area contributed by atoms with E-state index in [9.17, 15) is 4.79 Å². The Morgan fingerprint density at radius 1 is 1.55 bits per heavy atom. The zero-order chi connectivity index (χ0) is 16.3. The Labute approximate surface area is 139 Å². The van der Waals surface area contributed by atoms with E-state index in [1.54, 1.807) is 16.0 Å². The van der Waals surface area contributed by atoms with E-state index in [1.807, 2.05) is 50.2 Å². The first-order chi connectivity index (χ1) is 10.2. The highest BCUT2D eigenvalue weighted by atomic mass is 32.1. The van der Waals surface area contributed by atoms with Crippen LogP contribution in [-0.4, -0.2) is 44.7 Å². The molecule has 2 rings (SSSR count). The molecule has 0 aliphatic rings. The molecule has 0 saturated carbocycles. The van der Waals surface area contributed by atoms with Gasteiger partial charge in [0.2, 0.25) is 10.7 Å². The zero-order valence-electron chi connectivity index (χ0n) is 13.2. The minimum Gasteiger partial charge on any atom is -0.350 e. The van der Waals surface area contributed by atoms with Crippen LogP contribution in [0.5, 0.6) is 0 Å². The lowest BCUT2D eigenvalue weighted by Gasteiger charge is -2.23. The summed E-state index contributed by atoms with van der Waals surface area (Å²) in [7, 11) is 1.87. The van der Waals surface area contributed by atoms with Crippen molar-refractivity contribution in [3.63, 3.8) is 0 Å². The largest absolute Gasteiger partial charge is 0.350 e. The number of carbonyl (C=O) groups is 1. The van der Waals surface area contributed by atoms with Gasteiger partial charge >= 0.3 is 0 Å². The van der Waals surface area contributed by atoms with Gasteiger partial charge in [-0.25, -0.2) is 4.68 Å². The quantitative estimate of drug-likeness (QED) is 0.821. The van der Waals surface area contributed by atoms with Crippen molar-refractivity contribution in [2.24, 2.45) is 0 Å². The molecule has 8 heteroatoms. The lowest BCUT2D eigenvalue weighted by Crippen LogP contribution is -2.45. The highest BCUT2D eigenvalue weighted by Crippen LogP contribution is 2.20. The highest BCUT2D eigenvalue weighted by molar-refractivity contribution is 7.71. The van der Waals surface area contributed by atoms with Crippen LogP contribution in [0.4, 0.5) is 0 Å². The molecule has 2 heterocycles. The Morgan fingerprint density at radius 2 is 2.27 bits per heavy atom. The number of aromatic nitrogens is 3. The van der Waals surface area contributed by atoms with Gasteiger partial charge in [-0.2, -0.15) is 4.98 Å². The number of hydrogen-bond acceptors (Lipinski definition) is 5. The van der Waals surface area contributed by atoms with Crippen LogP contribution in [-0.2, 0) is 11.5 Å². The number of carbonyl (C=O) groups excluding carboxylic acids is 1. The van der Waals surface area contributed by atoms with Crippen LogP contribution in [0.15, 0.2) is 17.5 Å². The van der Waals surface area contributed by atoms with Crippen molar-refractivity contribution >= 4 is 29.5 Å². The van der Waals surface area contributed by atoms with Crippen molar-refractivity contribution in [2.45, 2.75) is 33.0 Å². The Hall–Kier alpha value is -1.51. The molecule has 1 amide bonds. The van der Waals surface area contributed by atoms with Crippen LogP contribution < -0.4 is 5.32 Å². The fraction of sp³-hybridized carbons (Fsp3) is 0.500. The summed E-state index contributed by atoms with van der Waals surface area (Å²) in [6.45, 7) is 6.66. The van der Waals surface area contributed by atoms with Crippen LogP contribution in [0, 0.1) is 4.77 Å². The number of nitrogens with one attached hydrogen (secondary N) is 2. The van der Waals surface area contributed by atoms with Crippen molar-refractivity contribution in [3.05, 3.63) is 22.3 Å². The van der Waals surface area contributed by atoms with Crippen molar-refractivity contribution in [2.75, 3.05) is 13.6 Å². The van der Waals surface area contributed by atoms with Gasteiger partial charge in [0.15, 0.2) is 5.82 Å². The molecule has 0 saturated heterocycles. The van der Waals surface area contributed by atoms with E-state index in [-0.39, 0.29) is 11.4 Å². The molecule has 6 nitrogen and oxygen atoms in total. The molecule has 0 bridgehead atoms. The minimum atomic E-state index is -0.228. The summed E-state index contributed by atoms with van der Waals surface area (Å²) in [5.41, 5.74) is -0.228. The van der Waals surface area contributed by atoms with E-state index in [2.05, 4.69) is 15.4 Å². The van der Waals surface area contributed by atoms with Gasteiger partial charge in [0.05, 0.1) is 18.1 Å². The number of nitrogens with zero attached hydrogens (tertiary/aromatic N) is 3. The third-order valence-electron chi connectivity index (χ3n) is 2.74. The number of hydrogen-bond donors (Lipinski definition) is 2. The molecular formula is C14H21N5OS2. The van der Waals surface area contributed by atoms with Crippen LogP contribution >= 0.6 is 23.6 Å². The fourth-order valence-corrected chi connectivity index (χ4v) is 2.83. The SMILES string of the molecule is CN(CC(=O)NC(C)(C)C)Cn1[nH]c(-c2cccs2)nc1=S. The van der Waals surface area contributed by atoms with Crippen molar-refractivity contribution < 1.29 is 4.79 Å². The minimum absolute atomic E-state index is 0.0143. The monoisotopic (exact) mass is 339 g/mol. The maximum Gasteiger partial charge on any atom is 0.234 e. The van der Waals surface area contributed by atoms with Gasteiger partial charge in [0.1, 0.15) is 0 Å². The molecule has 0 aromatic carbocycles. The summed E-state index contributed by atoms with van der Waals surface area (Å²) < 4.78 is 2.24. The van der Waals surface area contributed by atoms with Crippen LogP contribution in [0.3, 0.4) is 0 Å². The number of likely N-dealkylation sites (N-methyl/N-ethyl adjacent to an activating group) is 1. The molecule has 0 spiro atoms. The summed E-state index contributed by atoms with van der Waals surface area (Å²) >= 11 is 6.87. The Balaban J connectivity index is 1.99. The van der Waals surface area contributed by atoms with Gasteiger partial charge in [-0.05, 0) is 51.5 Å². The molecule has 2 aromatic rings. The number of aromatic amines is 1. The first-order valence-electron chi connectivity index (χ1n) is 6.95. The highest BCUT2D eigenvalue weighted by Gasteiger charge is 2.15. The summed E-state index contributed by atoms with van der Waals surface area (Å²) in [4.78, 5) is 19.2. The van der Waals surface area contributed by atoms with Gasteiger partial charge in [0, 0.05) is 5.54 Å².